The van der Waals surface area contributed by atoms with Crippen LogP contribution in [0.2, 0.25) is 0 Å². The number of carboxylic acid groups (broad SMARTS) is 1. The lowest BCUT2D eigenvalue weighted by Gasteiger charge is -2.19. The SMILES string of the molecule is O=C(O)C(F)(F)c1ccc2c(c1)CCCO2. The maximum atomic E-state index is 13.2. The zero-order chi connectivity index (χ0) is 11.8. The van der Waals surface area contributed by atoms with Gasteiger partial charge in [0.25, 0.3) is 0 Å². The van der Waals surface area contributed by atoms with Crippen molar-refractivity contribution >= 4 is 5.97 Å². The lowest BCUT2D eigenvalue weighted by molar-refractivity contribution is -0.166. The summed E-state index contributed by atoms with van der Waals surface area (Å²) in [7, 11) is 0. The predicted octanol–water partition coefficient (Wildman–Crippen LogP) is 2.19. The first-order valence-corrected chi connectivity index (χ1v) is 4.89. The van der Waals surface area contributed by atoms with E-state index in [1.807, 2.05) is 0 Å². The number of alkyl halides is 2. The summed E-state index contributed by atoms with van der Waals surface area (Å²) in [5.74, 6) is -5.41. The fourth-order valence-corrected chi connectivity index (χ4v) is 1.68. The third kappa shape index (κ3) is 1.73. The average molecular weight is 228 g/mol. The Bertz CT molecular complexity index is 429. The van der Waals surface area contributed by atoms with Gasteiger partial charge in [-0.25, -0.2) is 4.79 Å². The Morgan fingerprint density at radius 2 is 2.19 bits per heavy atom. The molecule has 0 radical (unpaired) electrons. The molecule has 0 atom stereocenters. The van der Waals surface area contributed by atoms with E-state index in [-0.39, 0.29) is 0 Å². The third-order valence-electron chi connectivity index (χ3n) is 2.54. The van der Waals surface area contributed by atoms with Gasteiger partial charge in [0.15, 0.2) is 0 Å². The molecule has 0 unspecified atom stereocenters. The van der Waals surface area contributed by atoms with Crippen LogP contribution in [0.25, 0.3) is 0 Å². The molecule has 0 aromatic heterocycles. The average Bonchev–Trinajstić information content (AvgIpc) is 2.28. The second-order valence-electron chi connectivity index (χ2n) is 3.65. The summed E-state index contributed by atoms with van der Waals surface area (Å²) in [6.07, 6.45) is 1.40. The molecular weight excluding hydrogens is 218 g/mol. The first kappa shape index (κ1) is 10.9. The normalized spacial score (nSPS) is 15.1. The van der Waals surface area contributed by atoms with Crippen molar-refractivity contribution in [3.63, 3.8) is 0 Å². The molecule has 2 rings (SSSR count). The van der Waals surface area contributed by atoms with Crippen LogP contribution in [-0.2, 0) is 17.1 Å². The second-order valence-corrected chi connectivity index (χ2v) is 3.65. The number of rotatable bonds is 2. The summed E-state index contributed by atoms with van der Waals surface area (Å²) in [6.45, 7) is 0.571. The molecule has 1 aromatic carbocycles. The van der Waals surface area contributed by atoms with E-state index in [9.17, 15) is 13.6 Å². The highest BCUT2D eigenvalue weighted by atomic mass is 19.3. The van der Waals surface area contributed by atoms with Gasteiger partial charge in [0.1, 0.15) is 5.75 Å². The van der Waals surface area contributed by atoms with Gasteiger partial charge >= 0.3 is 11.9 Å². The van der Waals surface area contributed by atoms with E-state index in [2.05, 4.69) is 0 Å². The maximum absolute atomic E-state index is 13.2. The zero-order valence-electron chi connectivity index (χ0n) is 8.37. The molecule has 0 bridgehead atoms. The van der Waals surface area contributed by atoms with Gasteiger partial charge in [0.2, 0.25) is 0 Å². The van der Waals surface area contributed by atoms with Crippen LogP contribution >= 0.6 is 0 Å². The summed E-state index contributed by atoms with van der Waals surface area (Å²) in [4.78, 5) is 10.4. The minimum Gasteiger partial charge on any atom is -0.493 e. The van der Waals surface area contributed by atoms with Gasteiger partial charge in [0, 0.05) is 5.56 Å². The number of benzene rings is 1. The molecule has 1 aromatic rings. The van der Waals surface area contributed by atoms with Gasteiger partial charge in [0.05, 0.1) is 6.61 Å². The van der Waals surface area contributed by atoms with E-state index in [1.54, 1.807) is 0 Å². The number of hydrogen-bond donors (Lipinski definition) is 1. The maximum Gasteiger partial charge on any atom is 0.379 e. The van der Waals surface area contributed by atoms with E-state index in [1.165, 1.54) is 12.1 Å². The highest BCUT2D eigenvalue weighted by Crippen LogP contribution is 2.33. The molecule has 1 aliphatic heterocycles. The molecule has 5 heteroatoms. The van der Waals surface area contributed by atoms with Gasteiger partial charge in [-0.05, 0) is 36.6 Å². The number of ether oxygens (including phenoxy) is 1. The Hall–Kier alpha value is -1.65. The third-order valence-corrected chi connectivity index (χ3v) is 2.54. The van der Waals surface area contributed by atoms with E-state index >= 15 is 0 Å². The van der Waals surface area contributed by atoms with Gasteiger partial charge in [-0.1, -0.05) is 0 Å². The highest BCUT2D eigenvalue weighted by molar-refractivity contribution is 5.77. The van der Waals surface area contributed by atoms with Crippen molar-refractivity contribution in [3.05, 3.63) is 29.3 Å². The van der Waals surface area contributed by atoms with Gasteiger partial charge in [-0.2, -0.15) is 8.78 Å². The number of aliphatic carboxylic acids is 1. The predicted molar refractivity (Wildman–Crippen MR) is 51.8 cm³/mol. The Balaban J connectivity index is 2.40. The molecule has 1 aliphatic rings. The summed E-state index contributed by atoms with van der Waals surface area (Å²) < 4.78 is 31.7. The van der Waals surface area contributed by atoms with Crippen LogP contribution in [0.4, 0.5) is 8.78 Å². The second kappa shape index (κ2) is 3.73. The Labute approximate surface area is 90.7 Å². The first-order chi connectivity index (χ1) is 7.51. The van der Waals surface area contributed by atoms with E-state index in [0.29, 0.717) is 24.3 Å². The summed E-state index contributed by atoms with van der Waals surface area (Å²) in [6, 6.07) is 3.71. The molecule has 86 valence electrons. The largest absolute Gasteiger partial charge is 0.493 e. The molecule has 3 nitrogen and oxygen atoms in total. The van der Waals surface area contributed by atoms with Crippen LogP contribution in [-0.4, -0.2) is 17.7 Å². The van der Waals surface area contributed by atoms with E-state index in [0.717, 1.165) is 12.5 Å². The molecular formula is C11H10F2O3. The topological polar surface area (TPSA) is 46.5 Å². The molecule has 0 fully saturated rings. The summed E-state index contributed by atoms with van der Waals surface area (Å²) in [5.41, 5.74) is 0.147. The lowest BCUT2D eigenvalue weighted by atomic mass is 10.00. The van der Waals surface area contributed by atoms with E-state index in [4.69, 9.17) is 9.84 Å². The number of carboxylic acids is 1. The van der Waals surface area contributed by atoms with Crippen molar-refractivity contribution in [2.24, 2.45) is 0 Å². The van der Waals surface area contributed by atoms with E-state index < -0.39 is 17.5 Å². The minimum atomic E-state index is -3.84. The molecule has 0 amide bonds. The number of hydrogen-bond acceptors (Lipinski definition) is 2. The molecule has 1 N–H and O–H groups in total. The van der Waals surface area contributed by atoms with Crippen LogP contribution in [0.15, 0.2) is 18.2 Å². The standard InChI is InChI=1S/C11H10F2O3/c12-11(13,10(14)15)8-3-4-9-7(6-8)2-1-5-16-9/h3-4,6H,1-2,5H2,(H,14,15). The molecule has 16 heavy (non-hydrogen) atoms. The fraction of sp³-hybridized carbons (Fsp3) is 0.364. The van der Waals surface area contributed by atoms with Gasteiger partial charge in [-0.3, -0.25) is 0 Å². The smallest absolute Gasteiger partial charge is 0.379 e. The van der Waals surface area contributed by atoms with Gasteiger partial charge in [-0.15, -0.1) is 0 Å². The van der Waals surface area contributed by atoms with Crippen molar-refractivity contribution in [2.75, 3.05) is 6.61 Å². The summed E-state index contributed by atoms with van der Waals surface area (Å²) in [5, 5.41) is 8.42. The van der Waals surface area contributed by atoms with Crippen LogP contribution in [0.3, 0.4) is 0 Å². The van der Waals surface area contributed by atoms with Crippen LogP contribution < -0.4 is 4.74 Å². The molecule has 0 saturated heterocycles. The van der Waals surface area contributed by atoms with Crippen molar-refractivity contribution in [2.45, 2.75) is 18.8 Å². The van der Waals surface area contributed by atoms with Crippen LogP contribution in [0.5, 0.6) is 5.75 Å². The van der Waals surface area contributed by atoms with Crippen molar-refractivity contribution < 1.29 is 23.4 Å². The lowest BCUT2D eigenvalue weighted by Crippen LogP contribution is -2.25. The van der Waals surface area contributed by atoms with Gasteiger partial charge < -0.3 is 9.84 Å². The Kier molecular flexibility index (Phi) is 2.53. The Morgan fingerprint density at radius 1 is 1.44 bits per heavy atom. The Morgan fingerprint density at radius 3 is 2.88 bits per heavy atom. The van der Waals surface area contributed by atoms with Crippen LogP contribution in [0.1, 0.15) is 17.5 Å². The number of aryl methyl sites for hydroxylation is 1. The van der Waals surface area contributed by atoms with Crippen molar-refractivity contribution in [1.82, 2.24) is 0 Å². The molecule has 1 heterocycles. The zero-order valence-corrected chi connectivity index (χ0v) is 8.37. The summed E-state index contributed by atoms with van der Waals surface area (Å²) >= 11 is 0. The first-order valence-electron chi connectivity index (χ1n) is 4.89. The number of halogens is 2. The van der Waals surface area contributed by atoms with Crippen molar-refractivity contribution in [3.8, 4) is 5.75 Å². The minimum absolute atomic E-state index is 0.496. The number of carbonyl (C=O) groups is 1. The quantitative estimate of drug-likeness (QED) is 0.843. The highest BCUT2D eigenvalue weighted by Gasteiger charge is 2.41. The monoisotopic (exact) mass is 228 g/mol. The molecule has 0 saturated carbocycles. The molecule has 0 spiro atoms. The molecule has 0 aliphatic carbocycles. The van der Waals surface area contributed by atoms with Crippen LogP contribution in [0, 0.1) is 0 Å². The number of fused-ring (bicyclic) bond motifs is 1. The fourth-order valence-electron chi connectivity index (χ4n) is 1.68. The van der Waals surface area contributed by atoms with Crippen molar-refractivity contribution in [1.29, 1.82) is 0 Å².